The molecular weight excluding hydrogens is 262 g/mol. The van der Waals surface area contributed by atoms with Crippen molar-refractivity contribution in [2.24, 2.45) is 0 Å². The summed E-state index contributed by atoms with van der Waals surface area (Å²) in [7, 11) is 0.981. The van der Waals surface area contributed by atoms with Crippen LogP contribution in [0.4, 0.5) is 0 Å². The van der Waals surface area contributed by atoms with Crippen LogP contribution in [0, 0.1) is 6.92 Å². The average Bonchev–Trinajstić information content (AvgIpc) is 2.91. The van der Waals surface area contributed by atoms with E-state index in [0.717, 1.165) is 4.21 Å². The highest BCUT2D eigenvalue weighted by atomic mass is 32.2. The van der Waals surface area contributed by atoms with Gasteiger partial charge in [0.25, 0.3) is 0 Å². The molecule has 0 fully saturated rings. The van der Waals surface area contributed by atoms with E-state index in [-0.39, 0.29) is 6.04 Å². The molecule has 1 N–H and O–H groups in total. The molecule has 18 heavy (non-hydrogen) atoms. The van der Waals surface area contributed by atoms with Crippen LogP contribution in [0.2, 0.25) is 0 Å². The molecule has 0 aliphatic heterocycles. The smallest absolute Gasteiger partial charge is 0.0911 e. The summed E-state index contributed by atoms with van der Waals surface area (Å²) in [5, 5.41) is 5.21. The van der Waals surface area contributed by atoms with Crippen molar-refractivity contribution in [2.45, 2.75) is 17.2 Å². The summed E-state index contributed by atoms with van der Waals surface area (Å²) in [6, 6.07) is 12.4. The minimum absolute atomic E-state index is 0.133. The molecule has 2 rings (SSSR count). The number of hydrogen-bond acceptors (Lipinski definition) is 3. The second-order valence-electron chi connectivity index (χ2n) is 4.20. The van der Waals surface area contributed by atoms with Gasteiger partial charge in [0.15, 0.2) is 0 Å². The van der Waals surface area contributed by atoms with Crippen molar-refractivity contribution in [1.29, 1.82) is 0 Å². The highest BCUT2D eigenvalue weighted by molar-refractivity contribution is 7.87. The molecule has 1 aromatic heterocycles. The van der Waals surface area contributed by atoms with Gasteiger partial charge in [-0.25, -0.2) is 0 Å². The Bertz CT molecular complexity index is 505. The zero-order chi connectivity index (χ0) is 13.0. The van der Waals surface area contributed by atoms with Gasteiger partial charge in [-0.05, 0) is 31.0 Å². The third-order valence-electron chi connectivity index (χ3n) is 2.87. The van der Waals surface area contributed by atoms with Gasteiger partial charge < -0.3 is 5.32 Å². The van der Waals surface area contributed by atoms with Crippen molar-refractivity contribution in [1.82, 2.24) is 5.32 Å². The fraction of sp³-hybridized carbons (Fsp3) is 0.286. The summed E-state index contributed by atoms with van der Waals surface area (Å²) in [6.45, 7) is 2.07. The van der Waals surface area contributed by atoms with Crippen LogP contribution >= 0.6 is 11.3 Å². The number of aryl methyl sites for hydroxylation is 1. The molecule has 2 unspecified atom stereocenters. The minimum Gasteiger partial charge on any atom is -0.312 e. The van der Waals surface area contributed by atoms with Crippen LogP contribution < -0.4 is 5.32 Å². The molecule has 0 amide bonds. The third-order valence-corrected chi connectivity index (χ3v) is 5.59. The van der Waals surface area contributed by atoms with Crippen LogP contribution in [0.25, 0.3) is 0 Å². The second-order valence-corrected chi connectivity index (χ2v) is 6.87. The molecule has 2 atom stereocenters. The lowest BCUT2D eigenvalue weighted by Crippen LogP contribution is -2.22. The normalized spacial score (nSPS) is 14.3. The molecule has 0 spiro atoms. The maximum absolute atomic E-state index is 12.2. The van der Waals surface area contributed by atoms with Gasteiger partial charge in [-0.2, -0.15) is 0 Å². The first-order chi connectivity index (χ1) is 8.70. The van der Waals surface area contributed by atoms with Gasteiger partial charge >= 0.3 is 0 Å². The summed E-state index contributed by atoms with van der Waals surface area (Å²) in [5.41, 5.74) is 2.43. The van der Waals surface area contributed by atoms with Crippen LogP contribution in [0.15, 0.2) is 46.0 Å². The molecule has 1 aromatic carbocycles. The first-order valence-corrected chi connectivity index (χ1v) is 8.06. The van der Waals surface area contributed by atoms with E-state index in [2.05, 4.69) is 36.5 Å². The number of benzene rings is 1. The van der Waals surface area contributed by atoms with E-state index in [4.69, 9.17) is 0 Å². The monoisotopic (exact) mass is 279 g/mol. The Hall–Kier alpha value is -0.970. The Labute approximate surface area is 115 Å². The SMILES string of the molecule is CNC(CS(=O)c1cccs1)c1ccc(C)cc1. The van der Waals surface area contributed by atoms with E-state index in [1.807, 2.05) is 24.6 Å². The van der Waals surface area contributed by atoms with E-state index >= 15 is 0 Å². The Morgan fingerprint density at radius 1 is 1.28 bits per heavy atom. The predicted molar refractivity (Wildman–Crippen MR) is 78.6 cm³/mol. The first kappa shape index (κ1) is 13.5. The molecule has 96 valence electrons. The predicted octanol–water partition coefficient (Wildman–Crippen LogP) is 3.12. The summed E-state index contributed by atoms with van der Waals surface area (Å²) in [4.78, 5) is 0. The Morgan fingerprint density at radius 2 is 2.00 bits per heavy atom. The van der Waals surface area contributed by atoms with Crippen molar-refractivity contribution in [3.63, 3.8) is 0 Å². The molecule has 0 aliphatic rings. The third kappa shape index (κ3) is 3.28. The van der Waals surface area contributed by atoms with Crippen LogP contribution in [-0.4, -0.2) is 17.0 Å². The molecule has 0 saturated heterocycles. The minimum atomic E-state index is -0.932. The van der Waals surface area contributed by atoms with E-state index < -0.39 is 10.8 Å². The lowest BCUT2D eigenvalue weighted by Gasteiger charge is -2.16. The molecule has 0 radical (unpaired) electrons. The molecule has 2 aromatic rings. The lowest BCUT2D eigenvalue weighted by molar-refractivity contribution is 0.636. The van der Waals surface area contributed by atoms with Gasteiger partial charge in [-0.1, -0.05) is 35.9 Å². The fourth-order valence-electron chi connectivity index (χ4n) is 1.77. The molecule has 0 aliphatic carbocycles. The van der Waals surface area contributed by atoms with E-state index in [9.17, 15) is 4.21 Å². The number of nitrogens with one attached hydrogen (secondary N) is 1. The van der Waals surface area contributed by atoms with Crippen molar-refractivity contribution < 1.29 is 4.21 Å². The quantitative estimate of drug-likeness (QED) is 0.911. The van der Waals surface area contributed by atoms with Crippen molar-refractivity contribution in [2.75, 3.05) is 12.8 Å². The van der Waals surface area contributed by atoms with Gasteiger partial charge in [0, 0.05) is 11.8 Å². The van der Waals surface area contributed by atoms with E-state index in [0.29, 0.717) is 5.75 Å². The summed E-state index contributed by atoms with van der Waals surface area (Å²) < 4.78 is 13.1. The number of hydrogen-bond donors (Lipinski definition) is 1. The second kappa shape index (κ2) is 6.27. The van der Waals surface area contributed by atoms with Crippen LogP contribution in [0.3, 0.4) is 0 Å². The summed E-state index contributed by atoms with van der Waals surface area (Å²) in [5.74, 6) is 0.611. The van der Waals surface area contributed by atoms with Gasteiger partial charge in [0.1, 0.15) is 0 Å². The first-order valence-electron chi connectivity index (χ1n) is 5.86. The largest absolute Gasteiger partial charge is 0.312 e. The van der Waals surface area contributed by atoms with Gasteiger partial charge in [0.05, 0.1) is 15.0 Å². The van der Waals surface area contributed by atoms with Crippen molar-refractivity contribution >= 4 is 22.1 Å². The highest BCUT2D eigenvalue weighted by Crippen LogP contribution is 2.20. The molecule has 0 bridgehead atoms. The van der Waals surface area contributed by atoms with Gasteiger partial charge in [-0.3, -0.25) is 4.21 Å². The molecule has 4 heteroatoms. The summed E-state index contributed by atoms with van der Waals surface area (Å²) >= 11 is 1.55. The Kier molecular flexibility index (Phi) is 4.69. The van der Waals surface area contributed by atoms with Gasteiger partial charge in [0.2, 0.25) is 0 Å². The van der Waals surface area contributed by atoms with Crippen molar-refractivity contribution in [3.8, 4) is 0 Å². The molecular formula is C14H17NOS2. The maximum Gasteiger partial charge on any atom is 0.0911 e. The molecule has 2 nitrogen and oxygen atoms in total. The Morgan fingerprint density at radius 3 is 2.56 bits per heavy atom. The Balaban J connectivity index is 2.10. The van der Waals surface area contributed by atoms with Crippen molar-refractivity contribution in [3.05, 3.63) is 52.9 Å². The van der Waals surface area contributed by atoms with E-state index in [1.54, 1.807) is 11.3 Å². The molecule has 1 heterocycles. The van der Waals surface area contributed by atoms with E-state index in [1.165, 1.54) is 11.1 Å². The summed E-state index contributed by atoms with van der Waals surface area (Å²) in [6.07, 6.45) is 0. The molecule has 0 saturated carbocycles. The maximum atomic E-state index is 12.2. The standard InChI is InChI=1S/C14H17NOS2/c1-11-5-7-12(8-6-11)13(15-2)10-18(16)14-4-3-9-17-14/h3-9,13,15H,10H2,1-2H3. The zero-order valence-corrected chi connectivity index (χ0v) is 12.2. The number of thiophene rings is 1. The number of rotatable bonds is 5. The zero-order valence-electron chi connectivity index (χ0n) is 10.6. The lowest BCUT2D eigenvalue weighted by atomic mass is 10.1. The average molecular weight is 279 g/mol. The highest BCUT2D eigenvalue weighted by Gasteiger charge is 2.14. The van der Waals surface area contributed by atoms with Crippen LogP contribution in [0.5, 0.6) is 0 Å². The topological polar surface area (TPSA) is 29.1 Å². The van der Waals surface area contributed by atoms with Crippen LogP contribution in [-0.2, 0) is 10.8 Å². The fourth-order valence-corrected chi connectivity index (χ4v) is 4.08. The van der Waals surface area contributed by atoms with Gasteiger partial charge in [-0.15, -0.1) is 11.3 Å². The van der Waals surface area contributed by atoms with Crippen LogP contribution in [0.1, 0.15) is 17.2 Å².